The van der Waals surface area contributed by atoms with Crippen LogP contribution in [0.1, 0.15) is 0 Å². The van der Waals surface area contributed by atoms with Crippen molar-refractivity contribution in [1.82, 2.24) is 9.29 Å². The molecule has 1 amide bonds. The summed E-state index contributed by atoms with van der Waals surface area (Å²) >= 11 is 0. The SMILES string of the molecule is CN(CC(=O)Nc1cnc2ccccc2c1)S(=O)(=O)c1ccccc1. The van der Waals surface area contributed by atoms with Crippen LogP contribution < -0.4 is 5.32 Å². The number of nitrogens with one attached hydrogen (secondary N) is 1. The number of sulfonamides is 1. The largest absolute Gasteiger partial charge is 0.324 e. The first-order valence-electron chi connectivity index (χ1n) is 7.63. The van der Waals surface area contributed by atoms with Crippen molar-refractivity contribution in [1.29, 1.82) is 0 Å². The number of anilines is 1. The zero-order valence-electron chi connectivity index (χ0n) is 13.6. The lowest BCUT2D eigenvalue weighted by molar-refractivity contribution is -0.116. The summed E-state index contributed by atoms with van der Waals surface area (Å²) in [7, 11) is -2.33. The second kappa shape index (κ2) is 7.00. The summed E-state index contributed by atoms with van der Waals surface area (Å²) in [6.45, 7) is -0.288. The summed E-state index contributed by atoms with van der Waals surface area (Å²) in [4.78, 5) is 16.6. The van der Waals surface area contributed by atoms with E-state index in [0.29, 0.717) is 5.69 Å². The van der Waals surface area contributed by atoms with Gasteiger partial charge in [0.05, 0.1) is 28.8 Å². The number of hydrogen-bond donors (Lipinski definition) is 1. The molecule has 0 radical (unpaired) electrons. The van der Waals surface area contributed by atoms with E-state index in [2.05, 4.69) is 10.3 Å². The van der Waals surface area contributed by atoms with Gasteiger partial charge in [-0.15, -0.1) is 0 Å². The molecule has 3 aromatic rings. The number of rotatable bonds is 5. The lowest BCUT2D eigenvalue weighted by atomic mass is 10.2. The Morgan fingerprint density at radius 1 is 1.08 bits per heavy atom. The summed E-state index contributed by atoms with van der Waals surface area (Å²) in [5, 5.41) is 3.58. The summed E-state index contributed by atoms with van der Waals surface area (Å²) in [6, 6.07) is 17.3. The van der Waals surface area contributed by atoms with Crippen LogP contribution in [0, 0.1) is 0 Å². The first-order valence-corrected chi connectivity index (χ1v) is 9.07. The molecule has 3 rings (SSSR count). The van der Waals surface area contributed by atoms with Gasteiger partial charge in [0.15, 0.2) is 0 Å². The maximum absolute atomic E-state index is 12.4. The number of carbonyl (C=O) groups excluding carboxylic acids is 1. The fraction of sp³-hybridized carbons (Fsp3) is 0.111. The van der Waals surface area contributed by atoms with Crippen LogP contribution in [-0.4, -0.2) is 37.2 Å². The standard InChI is InChI=1S/C18H17N3O3S/c1-21(25(23,24)16-8-3-2-4-9-16)13-18(22)20-15-11-14-7-5-6-10-17(14)19-12-15/h2-12H,13H2,1H3,(H,20,22). The van der Waals surface area contributed by atoms with Crippen molar-refractivity contribution in [2.24, 2.45) is 0 Å². The molecule has 0 aliphatic heterocycles. The van der Waals surface area contributed by atoms with E-state index in [9.17, 15) is 13.2 Å². The fourth-order valence-corrected chi connectivity index (χ4v) is 3.55. The highest BCUT2D eigenvalue weighted by Gasteiger charge is 2.22. The second-order valence-corrected chi connectivity index (χ2v) is 7.58. The lowest BCUT2D eigenvalue weighted by Gasteiger charge is -2.16. The fourth-order valence-electron chi connectivity index (χ4n) is 2.40. The van der Waals surface area contributed by atoms with E-state index < -0.39 is 15.9 Å². The normalized spacial score (nSPS) is 11.6. The number of para-hydroxylation sites is 1. The van der Waals surface area contributed by atoms with Gasteiger partial charge in [0.25, 0.3) is 0 Å². The van der Waals surface area contributed by atoms with Crippen LogP contribution in [0.25, 0.3) is 10.9 Å². The number of amides is 1. The maximum Gasteiger partial charge on any atom is 0.243 e. The number of aromatic nitrogens is 1. The molecule has 0 aliphatic carbocycles. The third-order valence-electron chi connectivity index (χ3n) is 3.69. The van der Waals surface area contributed by atoms with Crippen LogP contribution in [0.2, 0.25) is 0 Å². The highest BCUT2D eigenvalue weighted by molar-refractivity contribution is 7.89. The van der Waals surface area contributed by atoms with Crippen molar-refractivity contribution in [3.63, 3.8) is 0 Å². The van der Waals surface area contributed by atoms with Crippen molar-refractivity contribution in [3.8, 4) is 0 Å². The average molecular weight is 355 g/mol. The highest BCUT2D eigenvalue weighted by atomic mass is 32.2. The van der Waals surface area contributed by atoms with Gasteiger partial charge in [0, 0.05) is 12.4 Å². The minimum atomic E-state index is -3.70. The Hall–Kier alpha value is -2.77. The number of pyridine rings is 1. The van der Waals surface area contributed by atoms with E-state index in [0.717, 1.165) is 15.2 Å². The van der Waals surface area contributed by atoms with Crippen molar-refractivity contribution in [2.75, 3.05) is 18.9 Å². The van der Waals surface area contributed by atoms with Crippen molar-refractivity contribution >= 4 is 32.5 Å². The molecule has 2 aromatic carbocycles. The van der Waals surface area contributed by atoms with Crippen molar-refractivity contribution in [3.05, 3.63) is 66.9 Å². The Kier molecular flexibility index (Phi) is 4.78. The summed E-state index contributed by atoms with van der Waals surface area (Å²) in [5.41, 5.74) is 1.35. The van der Waals surface area contributed by atoms with Gasteiger partial charge in [-0.2, -0.15) is 4.31 Å². The molecule has 7 heteroatoms. The molecule has 0 bridgehead atoms. The number of likely N-dealkylation sites (N-methyl/N-ethyl adjacent to an activating group) is 1. The Balaban J connectivity index is 1.71. The number of hydrogen-bond acceptors (Lipinski definition) is 4. The van der Waals surface area contributed by atoms with E-state index in [1.54, 1.807) is 30.5 Å². The minimum Gasteiger partial charge on any atom is -0.324 e. The van der Waals surface area contributed by atoms with Crippen molar-refractivity contribution in [2.45, 2.75) is 4.90 Å². The molecular weight excluding hydrogens is 338 g/mol. The van der Waals surface area contributed by atoms with Gasteiger partial charge in [0.2, 0.25) is 15.9 Å². The predicted molar refractivity (Wildman–Crippen MR) is 96.6 cm³/mol. The number of benzene rings is 2. The summed E-state index contributed by atoms with van der Waals surface area (Å²) < 4.78 is 25.9. The molecule has 0 fully saturated rings. The van der Waals surface area contributed by atoms with Crippen LogP contribution in [0.3, 0.4) is 0 Å². The predicted octanol–water partition coefficient (Wildman–Crippen LogP) is 2.49. The van der Waals surface area contributed by atoms with Crippen LogP contribution >= 0.6 is 0 Å². The topological polar surface area (TPSA) is 79.4 Å². The smallest absolute Gasteiger partial charge is 0.243 e. The van der Waals surface area contributed by atoms with Crippen LogP contribution in [0.15, 0.2) is 71.8 Å². The van der Waals surface area contributed by atoms with Crippen molar-refractivity contribution < 1.29 is 13.2 Å². The van der Waals surface area contributed by atoms with Gasteiger partial charge in [0.1, 0.15) is 0 Å². The third kappa shape index (κ3) is 3.84. The Bertz CT molecular complexity index is 1000. The van der Waals surface area contributed by atoms with E-state index in [-0.39, 0.29) is 11.4 Å². The zero-order valence-corrected chi connectivity index (χ0v) is 14.4. The molecule has 1 heterocycles. The summed E-state index contributed by atoms with van der Waals surface area (Å²) in [5.74, 6) is -0.431. The molecule has 0 saturated heterocycles. The Morgan fingerprint density at radius 3 is 2.52 bits per heavy atom. The van der Waals surface area contributed by atoms with E-state index in [1.807, 2.05) is 24.3 Å². The minimum absolute atomic E-state index is 0.151. The molecule has 0 atom stereocenters. The maximum atomic E-state index is 12.4. The van der Waals surface area contributed by atoms with Gasteiger partial charge in [-0.3, -0.25) is 9.78 Å². The van der Waals surface area contributed by atoms with Crippen LogP contribution in [0.5, 0.6) is 0 Å². The number of fused-ring (bicyclic) bond motifs is 1. The van der Waals surface area contributed by atoms with Gasteiger partial charge in [-0.05, 0) is 24.3 Å². The van der Waals surface area contributed by atoms with Crippen LogP contribution in [0.4, 0.5) is 5.69 Å². The van der Waals surface area contributed by atoms with Gasteiger partial charge in [-0.1, -0.05) is 36.4 Å². The lowest BCUT2D eigenvalue weighted by Crippen LogP contribution is -2.34. The molecule has 25 heavy (non-hydrogen) atoms. The molecule has 0 unspecified atom stereocenters. The molecule has 1 aromatic heterocycles. The highest BCUT2D eigenvalue weighted by Crippen LogP contribution is 2.17. The Morgan fingerprint density at radius 2 is 1.76 bits per heavy atom. The van der Waals surface area contributed by atoms with Gasteiger partial charge >= 0.3 is 0 Å². The third-order valence-corrected chi connectivity index (χ3v) is 5.51. The first-order chi connectivity index (χ1) is 12.0. The molecule has 0 saturated carbocycles. The van der Waals surface area contributed by atoms with Crippen LogP contribution in [-0.2, 0) is 14.8 Å². The van der Waals surface area contributed by atoms with E-state index in [1.165, 1.54) is 19.2 Å². The number of nitrogens with zero attached hydrogens (tertiary/aromatic N) is 2. The first kappa shape index (κ1) is 17.1. The molecule has 128 valence electrons. The average Bonchev–Trinajstić information content (AvgIpc) is 2.62. The quantitative estimate of drug-likeness (QED) is 0.763. The second-order valence-electron chi connectivity index (χ2n) is 5.54. The molecule has 0 spiro atoms. The Labute approximate surface area is 146 Å². The monoisotopic (exact) mass is 355 g/mol. The van der Waals surface area contributed by atoms with E-state index in [4.69, 9.17) is 0 Å². The zero-order chi connectivity index (χ0) is 17.9. The van der Waals surface area contributed by atoms with E-state index >= 15 is 0 Å². The summed E-state index contributed by atoms with van der Waals surface area (Å²) in [6.07, 6.45) is 1.55. The molecule has 1 N–H and O–H groups in total. The molecule has 0 aliphatic rings. The molecule has 6 nitrogen and oxygen atoms in total. The van der Waals surface area contributed by atoms with Gasteiger partial charge in [-0.25, -0.2) is 8.42 Å². The van der Waals surface area contributed by atoms with Gasteiger partial charge < -0.3 is 5.32 Å². The number of carbonyl (C=O) groups is 1. The molecular formula is C18H17N3O3S.